The number of carbonyl (C=O) groups is 1. The number of piperidine rings is 1. The molecule has 0 spiro atoms. The second-order valence-electron chi connectivity index (χ2n) is 10.5. The molecule has 1 heterocycles. The third-order valence-electron chi connectivity index (χ3n) is 8.62. The molecule has 5 rings (SSSR count). The number of allylic oxidation sites excluding steroid dienone is 5. The van der Waals surface area contributed by atoms with E-state index in [1.165, 1.54) is 19.3 Å². The van der Waals surface area contributed by atoms with Crippen molar-refractivity contribution in [3.63, 3.8) is 0 Å². The first-order valence-corrected chi connectivity index (χ1v) is 13.0. The zero-order valence-electron chi connectivity index (χ0n) is 20.0. The number of aliphatic hydroxyl groups is 1. The first-order chi connectivity index (χ1) is 16.7. The van der Waals surface area contributed by atoms with Crippen LogP contribution in [0.2, 0.25) is 0 Å². The lowest BCUT2D eigenvalue weighted by Crippen LogP contribution is -2.56. The van der Waals surface area contributed by atoms with Gasteiger partial charge in [-0.25, -0.2) is 0 Å². The average molecular weight is 463 g/mol. The van der Waals surface area contributed by atoms with E-state index >= 15 is 0 Å². The van der Waals surface area contributed by atoms with E-state index in [2.05, 4.69) is 41.8 Å². The van der Waals surface area contributed by atoms with Crippen LogP contribution in [0.5, 0.6) is 0 Å². The Kier molecular flexibility index (Phi) is 7.33. The molecular formula is C29H38N2O3. The van der Waals surface area contributed by atoms with Gasteiger partial charge < -0.3 is 15.2 Å². The van der Waals surface area contributed by atoms with Crippen molar-refractivity contribution in [3.05, 3.63) is 72.4 Å². The van der Waals surface area contributed by atoms with Crippen molar-refractivity contribution in [1.82, 2.24) is 10.2 Å². The van der Waals surface area contributed by atoms with Crippen molar-refractivity contribution in [3.8, 4) is 0 Å². The van der Waals surface area contributed by atoms with E-state index in [0.717, 1.165) is 37.2 Å². The Balaban J connectivity index is 1.24. The average Bonchev–Trinajstić information content (AvgIpc) is 3.31. The molecule has 1 amide bonds. The topological polar surface area (TPSA) is 61.8 Å². The maximum absolute atomic E-state index is 13.9. The van der Waals surface area contributed by atoms with Gasteiger partial charge in [-0.3, -0.25) is 9.69 Å². The van der Waals surface area contributed by atoms with Crippen LogP contribution in [0.4, 0.5) is 0 Å². The molecule has 1 aromatic carbocycles. The van der Waals surface area contributed by atoms with Gasteiger partial charge in [0, 0.05) is 19.1 Å². The molecule has 3 aliphatic carbocycles. The second-order valence-corrected chi connectivity index (χ2v) is 10.5. The zero-order valence-corrected chi connectivity index (χ0v) is 20.0. The van der Waals surface area contributed by atoms with Crippen LogP contribution in [0.3, 0.4) is 0 Å². The summed E-state index contributed by atoms with van der Waals surface area (Å²) in [5.74, 6) is 1.62. The van der Waals surface area contributed by atoms with Crippen LogP contribution in [-0.2, 0) is 16.1 Å². The highest BCUT2D eigenvalue weighted by molar-refractivity contribution is 5.84. The van der Waals surface area contributed by atoms with Crippen LogP contribution in [0.25, 0.3) is 0 Å². The quantitative estimate of drug-likeness (QED) is 0.461. The van der Waals surface area contributed by atoms with Gasteiger partial charge in [-0.05, 0) is 68.3 Å². The summed E-state index contributed by atoms with van der Waals surface area (Å²) in [6.45, 7) is 1.67. The fourth-order valence-corrected chi connectivity index (χ4v) is 6.53. The van der Waals surface area contributed by atoms with Gasteiger partial charge >= 0.3 is 0 Å². The fraction of sp³-hybridized carbons (Fsp3) is 0.552. The van der Waals surface area contributed by atoms with Crippen molar-refractivity contribution in [2.75, 3.05) is 13.1 Å². The molecule has 4 aliphatic rings. The van der Waals surface area contributed by atoms with E-state index < -0.39 is 11.8 Å². The number of nitrogens with one attached hydrogen (secondary N) is 1. The van der Waals surface area contributed by atoms with Gasteiger partial charge in [0.2, 0.25) is 12.3 Å². The Labute approximate surface area is 203 Å². The molecule has 5 heteroatoms. The molecule has 0 bridgehead atoms. The summed E-state index contributed by atoms with van der Waals surface area (Å²) in [7, 11) is 0. The summed E-state index contributed by atoms with van der Waals surface area (Å²) in [4.78, 5) is 15.9. The number of nitrogens with zero attached hydrogens (tertiary/aromatic N) is 1. The monoisotopic (exact) mass is 462 g/mol. The molecular weight excluding hydrogens is 424 g/mol. The van der Waals surface area contributed by atoms with Gasteiger partial charge in [0.15, 0.2) is 0 Å². The normalized spacial score (nSPS) is 31.2. The van der Waals surface area contributed by atoms with Gasteiger partial charge in [-0.1, -0.05) is 66.8 Å². The van der Waals surface area contributed by atoms with Crippen molar-refractivity contribution < 1.29 is 14.6 Å². The minimum Gasteiger partial charge on any atom is -0.356 e. The third-order valence-corrected chi connectivity index (χ3v) is 8.62. The van der Waals surface area contributed by atoms with Gasteiger partial charge in [-0.15, -0.1) is 0 Å². The van der Waals surface area contributed by atoms with Crippen LogP contribution in [-0.4, -0.2) is 41.5 Å². The first-order valence-electron chi connectivity index (χ1n) is 13.0. The Morgan fingerprint density at radius 3 is 2.68 bits per heavy atom. The molecule has 2 fully saturated rings. The minimum absolute atomic E-state index is 0.195. The molecule has 34 heavy (non-hydrogen) atoms. The van der Waals surface area contributed by atoms with E-state index in [1.807, 2.05) is 35.2 Å². The largest absolute Gasteiger partial charge is 0.356 e. The minimum atomic E-state index is -0.953. The van der Waals surface area contributed by atoms with E-state index in [-0.39, 0.29) is 17.9 Å². The third kappa shape index (κ3) is 4.93. The number of benzene rings is 1. The Morgan fingerprint density at radius 2 is 1.91 bits per heavy atom. The smallest absolute Gasteiger partial charge is 0.227 e. The lowest BCUT2D eigenvalue weighted by molar-refractivity contribution is -0.211. The number of hydrogen-bond donors (Lipinski definition) is 2. The first kappa shape index (κ1) is 23.5. The molecule has 182 valence electrons. The lowest BCUT2D eigenvalue weighted by atomic mass is 9.65. The standard InChI is InChI=1S/C29H38N2O3/c32-27(30-26-16-15-23-11-7-8-14-25(23)26)29(24-12-5-2-6-13-24)17-19-31(20-18-29)28(33)34-21-22-9-3-1-4-10-22/h1-6,8-10,12,14,23-26,28,33H,7,11,13,15-21H2,(H,30,32). The molecule has 2 N–H and O–H groups in total. The highest BCUT2D eigenvalue weighted by Crippen LogP contribution is 2.45. The number of ether oxygens (including phenoxy) is 1. The van der Waals surface area contributed by atoms with E-state index in [0.29, 0.717) is 25.6 Å². The fourth-order valence-electron chi connectivity index (χ4n) is 6.53. The van der Waals surface area contributed by atoms with Crippen LogP contribution in [0.15, 0.2) is 66.8 Å². The molecule has 5 atom stereocenters. The number of aliphatic hydroxyl groups excluding tert-OH is 1. The van der Waals surface area contributed by atoms with Gasteiger partial charge in [0.05, 0.1) is 12.0 Å². The summed E-state index contributed by atoms with van der Waals surface area (Å²) in [6, 6.07) is 10.2. The van der Waals surface area contributed by atoms with E-state index in [4.69, 9.17) is 4.74 Å². The van der Waals surface area contributed by atoms with Crippen LogP contribution >= 0.6 is 0 Å². The molecule has 0 aromatic heterocycles. The van der Waals surface area contributed by atoms with Crippen molar-refractivity contribution in [1.29, 1.82) is 0 Å². The summed E-state index contributed by atoms with van der Waals surface area (Å²) in [5, 5.41) is 14.2. The molecule has 5 nitrogen and oxygen atoms in total. The van der Waals surface area contributed by atoms with Crippen LogP contribution < -0.4 is 5.32 Å². The summed E-state index contributed by atoms with van der Waals surface area (Å²) in [5.41, 5.74) is 0.603. The van der Waals surface area contributed by atoms with Crippen molar-refractivity contribution >= 4 is 5.91 Å². The SMILES string of the molecule is O=C(NC1CCC2CCC=CC21)C1(C2C=CC=CC2)CCN(C(O)OCc2ccccc2)CC1. The van der Waals surface area contributed by atoms with Crippen molar-refractivity contribution in [2.45, 2.75) is 64.0 Å². The van der Waals surface area contributed by atoms with Crippen LogP contribution in [0, 0.1) is 23.2 Å². The van der Waals surface area contributed by atoms with E-state index in [1.54, 1.807) is 0 Å². The predicted molar refractivity (Wildman–Crippen MR) is 133 cm³/mol. The number of likely N-dealkylation sites (tertiary alicyclic amines) is 1. The number of carbonyl (C=O) groups excluding carboxylic acids is 1. The van der Waals surface area contributed by atoms with Crippen LogP contribution in [0.1, 0.15) is 50.5 Å². The molecule has 5 unspecified atom stereocenters. The highest BCUT2D eigenvalue weighted by Gasteiger charge is 2.48. The number of hydrogen-bond acceptors (Lipinski definition) is 4. The maximum atomic E-state index is 13.9. The molecule has 0 radical (unpaired) electrons. The maximum Gasteiger partial charge on any atom is 0.227 e. The second kappa shape index (κ2) is 10.6. The predicted octanol–water partition coefficient (Wildman–Crippen LogP) is 4.55. The van der Waals surface area contributed by atoms with Crippen molar-refractivity contribution in [2.24, 2.45) is 23.2 Å². The molecule has 1 aromatic rings. The molecule has 1 saturated carbocycles. The molecule has 1 saturated heterocycles. The summed E-state index contributed by atoms with van der Waals surface area (Å²) < 4.78 is 5.76. The number of amides is 1. The molecule has 1 aliphatic heterocycles. The van der Waals surface area contributed by atoms with Gasteiger partial charge in [-0.2, -0.15) is 0 Å². The van der Waals surface area contributed by atoms with Gasteiger partial charge in [0.1, 0.15) is 0 Å². The van der Waals surface area contributed by atoms with E-state index in [9.17, 15) is 9.90 Å². The van der Waals surface area contributed by atoms with Gasteiger partial charge in [0.25, 0.3) is 0 Å². The lowest BCUT2D eigenvalue weighted by Gasteiger charge is -2.46. The Morgan fingerprint density at radius 1 is 1.09 bits per heavy atom. The zero-order chi connectivity index (χ0) is 23.4. The summed E-state index contributed by atoms with van der Waals surface area (Å²) >= 11 is 0. The Bertz CT molecular complexity index is 917. The summed E-state index contributed by atoms with van der Waals surface area (Å²) in [6.07, 6.45) is 19.3. The Hall–Kier alpha value is -2.21. The number of rotatable bonds is 7. The number of fused-ring (bicyclic) bond motifs is 1. The highest BCUT2D eigenvalue weighted by atomic mass is 16.6.